The number of anilines is 1. The molecular formula is C21H27FN4O2. The second-order valence-electron chi connectivity index (χ2n) is 7.37. The number of aryl methyl sites for hydroxylation is 1. The number of hydrogen-bond acceptors (Lipinski definition) is 4. The highest BCUT2D eigenvalue weighted by atomic mass is 19.1. The van der Waals surface area contributed by atoms with Crippen molar-refractivity contribution in [2.24, 2.45) is 7.05 Å². The summed E-state index contributed by atoms with van der Waals surface area (Å²) in [7, 11) is 1.97. The van der Waals surface area contributed by atoms with E-state index in [1.54, 1.807) is 12.1 Å². The van der Waals surface area contributed by atoms with Crippen LogP contribution in [0.3, 0.4) is 0 Å². The fourth-order valence-corrected chi connectivity index (χ4v) is 3.47. The van der Waals surface area contributed by atoms with Crippen LogP contribution in [0.4, 0.5) is 10.1 Å². The molecule has 6 nitrogen and oxygen atoms in total. The van der Waals surface area contributed by atoms with Crippen LogP contribution in [0.25, 0.3) is 0 Å². The Morgan fingerprint density at radius 1 is 1.00 bits per heavy atom. The van der Waals surface area contributed by atoms with E-state index < -0.39 is 0 Å². The van der Waals surface area contributed by atoms with Gasteiger partial charge in [-0.1, -0.05) is 0 Å². The Balaban J connectivity index is 1.45. The second-order valence-corrected chi connectivity index (χ2v) is 7.37. The maximum absolute atomic E-state index is 12.9. The molecule has 0 aliphatic carbocycles. The lowest BCUT2D eigenvalue weighted by molar-refractivity contribution is -0.117. The molecule has 1 saturated heterocycles. The van der Waals surface area contributed by atoms with E-state index in [9.17, 15) is 14.0 Å². The fraction of sp³-hybridized carbons (Fsp3) is 0.429. The van der Waals surface area contributed by atoms with Crippen molar-refractivity contribution in [3.8, 4) is 0 Å². The summed E-state index contributed by atoms with van der Waals surface area (Å²) >= 11 is 0. The third kappa shape index (κ3) is 4.85. The Hall–Kier alpha value is -2.51. The predicted octanol–water partition coefficient (Wildman–Crippen LogP) is 2.22. The number of aromatic nitrogens is 1. The van der Waals surface area contributed by atoms with Crippen LogP contribution in [0.5, 0.6) is 0 Å². The number of carbonyl (C=O) groups excluding carboxylic acids is 2. The van der Waals surface area contributed by atoms with Crippen molar-refractivity contribution in [1.29, 1.82) is 0 Å². The van der Waals surface area contributed by atoms with Gasteiger partial charge in [0.1, 0.15) is 5.82 Å². The molecule has 150 valence electrons. The van der Waals surface area contributed by atoms with Crippen molar-refractivity contribution in [2.75, 3.05) is 44.6 Å². The lowest BCUT2D eigenvalue weighted by Crippen LogP contribution is -2.49. The van der Waals surface area contributed by atoms with Crippen LogP contribution < -0.4 is 5.32 Å². The molecule has 0 spiro atoms. The van der Waals surface area contributed by atoms with Gasteiger partial charge in [0.15, 0.2) is 5.78 Å². The molecule has 0 unspecified atom stereocenters. The zero-order chi connectivity index (χ0) is 20.3. The Bertz CT molecular complexity index is 852. The van der Waals surface area contributed by atoms with Crippen molar-refractivity contribution in [2.45, 2.75) is 13.8 Å². The topological polar surface area (TPSA) is 57.6 Å². The van der Waals surface area contributed by atoms with Gasteiger partial charge in [0.25, 0.3) is 0 Å². The number of ketones is 1. The van der Waals surface area contributed by atoms with Gasteiger partial charge in [0.05, 0.1) is 13.1 Å². The van der Waals surface area contributed by atoms with Gasteiger partial charge in [-0.2, -0.15) is 0 Å². The molecule has 1 aliphatic rings. The molecule has 1 aromatic carbocycles. The number of nitrogens with zero attached hydrogens (tertiary/aromatic N) is 3. The van der Waals surface area contributed by atoms with Gasteiger partial charge in [0, 0.05) is 55.9 Å². The quantitative estimate of drug-likeness (QED) is 0.774. The molecule has 2 aromatic rings. The van der Waals surface area contributed by atoms with Gasteiger partial charge in [0.2, 0.25) is 5.91 Å². The maximum Gasteiger partial charge on any atom is 0.238 e. The summed E-state index contributed by atoms with van der Waals surface area (Å²) in [6, 6.07) is 7.69. The average Bonchev–Trinajstić information content (AvgIpc) is 2.93. The molecule has 0 atom stereocenters. The zero-order valence-electron chi connectivity index (χ0n) is 16.7. The molecule has 1 aromatic heterocycles. The lowest BCUT2D eigenvalue weighted by atomic mass is 10.1. The van der Waals surface area contributed by atoms with Crippen molar-refractivity contribution < 1.29 is 14.0 Å². The Morgan fingerprint density at radius 3 is 2.11 bits per heavy atom. The van der Waals surface area contributed by atoms with Gasteiger partial charge < -0.3 is 9.88 Å². The summed E-state index contributed by atoms with van der Waals surface area (Å²) in [6.07, 6.45) is 0. The van der Waals surface area contributed by atoms with Crippen LogP contribution >= 0.6 is 0 Å². The van der Waals surface area contributed by atoms with Crippen LogP contribution in [-0.2, 0) is 11.8 Å². The molecule has 7 heteroatoms. The van der Waals surface area contributed by atoms with Gasteiger partial charge in [-0.05, 0) is 44.2 Å². The second kappa shape index (κ2) is 8.67. The van der Waals surface area contributed by atoms with E-state index in [1.165, 1.54) is 12.1 Å². The molecule has 0 saturated carbocycles. The minimum absolute atomic E-state index is 0.119. The molecule has 0 radical (unpaired) electrons. The minimum atomic E-state index is -0.329. The highest BCUT2D eigenvalue weighted by molar-refractivity contribution is 5.99. The van der Waals surface area contributed by atoms with Gasteiger partial charge in [-0.15, -0.1) is 0 Å². The van der Waals surface area contributed by atoms with E-state index in [0.29, 0.717) is 12.2 Å². The monoisotopic (exact) mass is 386 g/mol. The SMILES string of the molecule is Cc1cc(C(=O)CN2CCN(CC(=O)Nc3ccc(F)cc3)CC2)c(C)n1C. The van der Waals surface area contributed by atoms with E-state index in [1.807, 2.05) is 31.5 Å². The molecular weight excluding hydrogens is 359 g/mol. The van der Waals surface area contributed by atoms with E-state index in [4.69, 9.17) is 0 Å². The first kappa shape index (κ1) is 20.2. The van der Waals surface area contributed by atoms with Crippen molar-refractivity contribution in [3.63, 3.8) is 0 Å². The van der Waals surface area contributed by atoms with Crippen LogP contribution in [0.2, 0.25) is 0 Å². The molecule has 1 amide bonds. The number of benzene rings is 1. The van der Waals surface area contributed by atoms with Crippen molar-refractivity contribution in [1.82, 2.24) is 14.4 Å². The van der Waals surface area contributed by atoms with Crippen LogP contribution in [0.15, 0.2) is 30.3 Å². The lowest BCUT2D eigenvalue weighted by Gasteiger charge is -2.33. The summed E-state index contributed by atoms with van der Waals surface area (Å²) in [5.41, 5.74) is 3.46. The average molecular weight is 386 g/mol. The number of nitrogens with one attached hydrogen (secondary N) is 1. The van der Waals surface area contributed by atoms with Crippen LogP contribution in [0, 0.1) is 19.7 Å². The molecule has 0 bridgehead atoms. The van der Waals surface area contributed by atoms with Gasteiger partial charge in [-0.3, -0.25) is 19.4 Å². The highest BCUT2D eigenvalue weighted by Gasteiger charge is 2.22. The smallest absolute Gasteiger partial charge is 0.238 e. The third-order valence-electron chi connectivity index (χ3n) is 5.40. The first-order valence-corrected chi connectivity index (χ1v) is 9.49. The number of carbonyl (C=O) groups is 2. The van der Waals surface area contributed by atoms with Crippen molar-refractivity contribution in [3.05, 3.63) is 53.1 Å². The molecule has 1 N–H and O–H groups in total. The Labute approximate surface area is 164 Å². The van der Waals surface area contributed by atoms with Crippen molar-refractivity contribution >= 4 is 17.4 Å². The number of amides is 1. The zero-order valence-corrected chi connectivity index (χ0v) is 16.7. The largest absolute Gasteiger partial charge is 0.351 e. The van der Waals surface area contributed by atoms with E-state index in [2.05, 4.69) is 15.1 Å². The van der Waals surface area contributed by atoms with E-state index in [-0.39, 0.29) is 24.1 Å². The summed E-state index contributed by atoms with van der Waals surface area (Å²) < 4.78 is 15.0. The standard InChI is InChI=1S/C21H27FN4O2/c1-15-12-19(16(2)24(15)3)20(27)13-25-8-10-26(11-9-25)14-21(28)23-18-6-4-17(22)5-7-18/h4-7,12H,8-11,13-14H2,1-3H3,(H,23,28). The minimum Gasteiger partial charge on any atom is -0.351 e. The van der Waals surface area contributed by atoms with Crippen LogP contribution in [0.1, 0.15) is 21.7 Å². The number of Topliss-reactive ketones (excluding diaryl/α,β-unsaturated/α-hetero) is 1. The van der Waals surface area contributed by atoms with E-state index >= 15 is 0 Å². The maximum atomic E-state index is 12.9. The first-order chi connectivity index (χ1) is 13.3. The number of halogens is 1. The molecule has 28 heavy (non-hydrogen) atoms. The molecule has 1 aliphatic heterocycles. The number of piperazine rings is 1. The molecule has 1 fully saturated rings. The number of hydrogen-bond donors (Lipinski definition) is 1. The fourth-order valence-electron chi connectivity index (χ4n) is 3.47. The first-order valence-electron chi connectivity index (χ1n) is 9.49. The highest BCUT2D eigenvalue weighted by Crippen LogP contribution is 2.15. The predicted molar refractivity (Wildman–Crippen MR) is 107 cm³/mol. The molecule has 3 rings (SSSR count). The van der Waals surface area contributed by atoms with E-state index in [0.717, 1.165) is 43.1 Å². The normalized spacial score (nSPS) is 15.6. The molecule has 2 heterocycles. The third-order valence-corrected chi connectivity index (χ3v) is 5.40. The van der Waals surface area contributed by atoms with Crippen LogP contribution in [-0.4, -0.2) is 65.3 Å². The summed E-state index contributed by atoms with van der Waals surface area (Å²) in [4.78, 5) is 29.0. The Morgan fingerprint density at radius 2 is 1.57 bits per heavy atom. The summed E-state index contributed by atoms with van der Waals surface area (Å²) in [5.74, 6) is -0.306. The summed E-state index contributed by atoms with van der Waals surface area (Å²) in [6.45, 7) is 7.63. The Kier molecular flexibility index (Phi) is 6.26. The van der Waals surface area contributed by atoms with Gasteiger partial charge >= 0.3 is 0 Å². The number of rotatable bonds is 6. The van der Waals surface area contributed by atoms with Gasteiger partial charge in [-0.25, -0.2) is 4.39 Å². The summed E-state index contributed by atoms with van der Waals surface area (Å²) in [5, 5.41) is 2.78.